The van der Waals surface area contributed by atoms with Crippen molar-refractivity contribution >= 4 is 0 Å². The molecule has 1 aliphatic carbocycles. The maximum absolute atomic E-state index is 6.80. The van der Waals surface area contributed by atoms with Gasteiger partial charge >= 0.3 is 0 Å². The lowest BCUT2D eigenvalue weighted by molar-refractivity contribution is -0.199. The third-order valence-corrected chi connectivity index (χ3v) is 10.1. The Bertz CT molecular complexity index is 713. The minimum Gasteiger partial charge on any atom is -0.344 e. The second kappa shape index (κ2) is 27.9. The molecular formula is C43H76O2. The fourth-order valence-corrected chi connectivity index (χ4v) is 6.97. The van der Waals surface area contributed by atoms with Crippen LogP contribution in [-0.2, 0) is 9.47 Å². The molecule has 2 aliphatic rings. The van der Waals surface area contributed by atoms with Gasteiger partial charge in [-0.2, -0.15) is 0 Å². The highest BCUT2D eigenvalue weighted by molar-refractivity contribution is 4.94. The molecule has 0 aromatic heterocycles. The lowest BCUT2D eigenvalue weighted by Crippen LogP contribution is -2.35. The molecule has 260 valence electrons. The van der Waals surface area contributed by atoms with Crippen molar-refractivity contribution in [3.8, 4) is 0 Å². The maximum Gasteiger partial charge on any atom is 0.169 e. The highest BCUT2D eigenvalue weighted by Gasteiger charge is 2.48. The van der Waals surface area contributed by atoms with Crippen molar-refractivity contribution in [2.24, 2.45) is 5.92 Å². The van der Waals surface area contributed by atoms with E-state index in [0.29, 0.717) is 12.2 Å². The molecule has 0 radical (unpaired) electrons. The smallest absolute Gasteiger partial charge is 0.169 e. The van der Waals surface area contributed by atoms with Crippen molar-refractivity contribution in [1.82, 2.24) is 0 Å². The van der Waals surface area contributed by atoms with Crippen molar-refractivity contribution in [1.29, 1.82) is 0 Å². The fourth-order valence-electron chi connectivity index (χ4n) is 6.97. The molecule has 2 nitrogen and oxygen atoms in total. The molecule has 0 aromatic carbocycles. The average molecular weight is 625 g/mol. The minimum absolute atomic E-state index is 0.254. The molecule has 2 rings (SSSR count). The molecule has 2 atom stereocenters. The van der Waals surface area contributed by atoms with E-state index in [1.807, 2.05) is 0 Å². The second-order valence-corrected chi connectivity index (χ2v) is 14.4. The Hall–Kier alpha value is -1.12. The quantitative estimate of drug-likeness (QED) is 0.0637. The molecule has 1 saturated carbocycles. The Morgan fingerprint density at radius 1 is 0.467 bits per heavy atom. The number of allylic oxidation sites excluding steroid dienone is 8. The highest BCUT2D eigenvalue weighted by Crippen LogP contribution is 2.44. The van der Waals surface area contributed by atoms with Gasteiger partial charge in [-0.25, -0.2) is 0 Å². The van der Waals surface area contributed by atoms with Crippen molar-refractivity contribution in [2.45, 2.75) is 219 Å². The van der Waals surface area contributed by atoms with Gasteiger partial charge in [-0.15, -0.1) is 0 Å². The van der Waals surface area contributed by atoms with Crippen molar-refractivity contribution in [2.75, 3.05) is 0 Å². The number of ether oxygens (including phenoxy) is 2. The van der Waals surface area contributed by atoms with Gasteiger partial charge < -0.3 is 9.47 Å². The van der Waals surface area contributed by atoms with Crippen LogP contribution < -0.4 is 0 Å². The summed E-state index contributed by atoms with van der Waals surface area (Å²) in [5.41, 5.74) is 0. The summed E-state index contributed by atoms with van der Waals surface area (Å²) in [5.74, 6) is 0.569. The van der Waals surface area contributed by atoms with E-state index >= 15 is 0 Å². The van der Waals surface area contributed by atoms with Crippen LogP contribution in [0.15, 0.2) is 48.6 Å². The molecule has 0 bridgehead atoms. The molecule has 0 amide bonds. The SMILES string of the molecule is CCCCC/C=C\C/C=C\CCCCCCCC1OC2(CCC(C)CC2)OC1CCCCCCC/C=C\C/C=C\CCCCC. The van der Waals surface area contributed by atoms with Gasteiger partial charge in [0.25, 0.3) is 0 Å². The van der Waals surface area contributed by atoms with E-state index in [-0.39, 0.29) is 5.79 Å². The standard InChI is InChI=1S/C43H76O2/c1-4-6-8-10-12-14-16-18-20-22-24-26-28-30-32-34-41-42(45-43(44-41)38-36-40(3)37-39-43)35-33-31-29-27-25-23-21-19-17-15-13-11-9-7-5-2/h12-15,18-21,40-42H,4-11,16-17,22-39H2,1-3H3/b14-12-,15-13-,20-18-,21-19-. The minimum atomic E-state index is -0.254. The second-order valence-electron chi connectivity index (χ2n) is 14.4. The van der Waals surface area contributed by atoms with Gasteiger partial charge in [-0.3, -0.25) is 0 Å². The molecule has 2 unspecified atom stereocenters. The van der Waals surface area contributed by atoms with Crippen molar-refractivity contribution in [3.63, 3.8) is 0 Å². The summed E-state index contributed by atoms with van der Waals surface area (Å²) in [4.78, 5) is 0. The molecule has 1 heterocycles. The average Bonchev–Trinajstić information content (AvgIpc) is 3.39. The molecule has 0 aromatic rings. The van der Waals surface area contributed by atoms with Crippen LogP contribution in [-0.4, -0.2) is 18.0 Å². The van der Waals surface area contributed by atoms with E-state index in [1.165, 1.54) is 154 Å². The van der Waals surface area contributed by atoms with Crippen LogP contribution in [0, 0.1) is 5.92 Å². The van der Waals surface area contributed by atoms with Gasteiger partial charge in [0.2, 0.25) is 0 Å². The number of unbranched alkanes of at least 4 members (excludes halogenated alkanes) is 16. The van der Waals surface area contributed by atoms with Crippen molar-refractivity contribution < 1.29 is 9.47 Å². The van der Waals surface area contributed by atoms with Crippen LogP contribution in [0.2, 0.25) is 0 Å². The third kappa shape index (κ3) is 20.7. The molecule has 1 aliphatic heterocycles. The van der Waals surface area contributed by atoms with E-state index in [2.05, 4.69) is 69.4 Å². The van der Waals surface area contributed by atoms with Crippen molar-refractivity contribution in [3.05, 3.63) is 48.6 Å². The Morgan fingerprint density at radius 2 is 0.822 bits per heavy atom. The van der Waals surface area contributed by atoms with Crippen LogP contribution in [0.1, 0.15) is 201 Å². The van der Waals surface area contributed by atoms with Crippen LogP contribution in [0.25, 0.3) is 0 Å². The van der Waals surface area contributed by atoms with Crippen LogP contribution in [0.5, 0.6) is 0 Å². The Balaban J connectivity index is 1.54. The fraction of sp³-hybridized carbons (Fsp3) is 0.814. The summed E-state index contributed by atoms with van der Waals surface area (Å²) in [5, 5.41) is 0. The topological polar surface area (TPSA) is 18.5 Å². The predicted molar refractivity (Wildman–Crippen MR) is 199 cm³/mol. The first-order valence-corrected chi connectivity index (χ1v) is 20.1. The highest BCUT2D eigenvalue weighted by atomic mass is 16.8. The van der Waals surface area contributed by atoms with Gasteiger partial charge in [0.1, 0.15) is 0 Å². The van der Waals surface area contributed by atoms with E-state index in [4.69, 9.17) is 9.47 Å². The first-order valence-electron chi connectivity index (χ1n) is 20.1. The van der Waals surface area contributed by atoms with Gasteiger partial charge in [0.05, 0.1) is 12.2 Å². The van der Waals surface area contributed by atoms with Crippen LogP contribution >= 0.6 is 0 Å². The monoisotopic (exact) mass is 625 g/mol. The predicted octanol–water partition coefficient (Wildman–Crippen LogP) is 14.3. The maximum atomic E-state index is 6.80. The Morgan fingerprint density at radius 3 is 1.22 bits per heavy atom. The molecule has 45 heavy (non-hydrogen) atoms. The summed E-state index contributed by atoms with van der Waals surface area (Å²) in [7, 11) is 0. The van der Waals surface area contributed by atoms with E-state index in [1.54, 1.807) is 0 Å². The third-order valence-electron chi connectivity index (χ3n) is 10.1. The molecular weight excluding hydrogens is 548 g/mol. The Labute approximate surface area is 282 Å². The number of hydrogen-bond donors (Lipinski definition) is 0. The summed E-state index contributed by atoms with van der Waals surface area (Å²) in [6, 6.07) is 0. The Kier molecular flexibility index (Phi) is 24.9. The lowest BCUT2D eigenvalue weighted by atomic mass is 9.86. The summed E-state index contributed by atoms with van der Waals surface area (Å²) >= 11 is 0. The summed E-state index contributed by atoms with van der Waals surface area (Å²) < 4.78 is 13.6. The normalized spacial score (nSPS) is 24.1. The largest absolute Gasteiger partial charge is 0.344 e. The molecule has 2 fully saturated rings. The van der Waals surface area contributed by atoms with Crippen LogP contribution in [0.4, 0.5) is 0 Å². The summed E-state index contributed by atoms with van der Waals surface area (Å²) in [6.07, 6.45) is 55.2. The zero-order chi connectivity index (χ0) is 32.1. The molecule has 1 saturated heterocycles. The van der Waals surface area contributed by atoms with Gasteiger partial charge in [0.15, 0.2) is 5.79 Å². The number of hydrogen-bond acceptors (Lipinski definition) is 2. The first kappa shape index (κ1) is 40.1. The van der Waals surface area contributed by atoms with Gasteiger partial charge in [-0.1, -0.05) is 146 Å². The molecule has 1 spiro atoms. The molecule has 0 N–H and O–H groups in total. The van der Waals surface area contributed by atoms with E-state index in [0.717, 1.165) is 31.6 Å². The number of rotatable bonds is 28. The van der Waals surface area contributed by atoms with Gasteiger partial charge in [-0.05, 0) is 95.8 Å². The van der Waals surface area contributed by atoms with Gasteiger partial charge in [0, 0.05) is 12.8 Å². The van der Waals surface area contributed by atoms with Crippen LogP contribution in [0.3, 0.4) is 0 Å². The summed E-state index contributed by atoms with van der Waals surface area (Å²) in [6.45, 7) is 6.93. The van der Waals surface area contributed by atoms with E-state index < -0.39 is 0 Å². The first-order chi connectivity index (χ1) is 22.2. The zero-order valence-electron chi connectivity index (χ0n) is 30.5. The van der Waals surface area contributed by atoms with E-state index in [9.17, 15) is 0 Å². The zero-order valence-corrected chi connectivity index (χ0v) is 30.5. The lowest BCUT2D eigenvalue weighted by Gasteiger charge is -2.34. The molecule has 2 heteroatoms.